The topological polar surface area (TPSA) is 251 Å². The Hall–Kier alpha value is -4.81. The Bertz CT molecular complexity index is 1960. The van der Waals surface area contributed by atoms with Gasteiger partial charge in [0.2, 0.25) is 5.91 Å². The van der Waals surface area contributed by atoms with Gasteiger partial charge in [-0.2, -0.15) is 10.5 Å². The monoisotopic (exact) mass is 818 g/mol. The summed E-state index contributed by atoms with van der Waals surface area (Å²) in [7, 11) is 0. The van der Waals surface area contributed by atoms with Crippen molar-refractivity contribution in [2.75, 3.05) is 25.4 Å². The predicted molar refractivity (Wildman–Crippen MR) is 213 cm³/mol. The fourth-order valence-electron chi connectivity index (χ4n) is 4.76. The Morgan fingerprint density at radius 3 is 2.34 bits per heavy atom. The maximum Gasteiger partial charge on any atom is 0.325 e. The minimum atomic E-state index is -1.15. The number of ether oxygens (including phenoxy) is 1. The number of hydrogen-bond donors (Lipinski definition) is 6. The molecule has 2 heterocycles. The van der Waals surface area contributed by atoms with Crippen LogP contribution in [0.5, 0.6) is 5.75 Å². The molecule has 19 heteroatoms. The molecule has 53 heavy (non-hydrogen) atoms. The number of nitrogens with zero attached hydrogens (tertiary/aromatic N) is 5. The summed E-state index contributed by atoms with van der Waals surface area (Å²) >= 11 is 8.81. The lowest BCUT2D eigenvalue weighted by Gasteiger charge is -2.20. The van der Waals surface area contributed by atoms with E-state index in [1.807, 2.05) is 17.5 Å². The third-order valence-electron chi connectivity index (χ3n) is 7.31. The molecule has 4 aromatic rings. The van der Waals surface area contributed by atoms with Crippen LogP contribution < -0.4 is 32.6 Å². The van der Waals surface area contributed by atoms with Gasteiger partial charge in [0.15, 0.2) is 5.96 Å². The molecule has 2 atom stereocenters. The summed E-state index contributed by atoms with van der Waals surface area (Å²) in [6, 6.07) is 16.8. The molecule has 0 bridgehead atoms. The first-order valence-corrected chi connectivity index (χ1v) is 17.8. The van der Waals surface area contributed by atoms with E-state index in [1.54, 1.807) is 36.4 Å². The number of carbonyl (C=O) groups excluding carboxylic acids is 1. The molecular weight excluding hydrogens is 783 g/mol. The number of benzene rings is 2. The van der Waals surface area contributed by atoms with E-state index in [2.05, 4.69) is 32.7 Å². The van der Waals surface area contributed by atoms with Crippen molar-refractivity contribution in [3.63, 3.8) is 0 Å². The molecule has 0 spiro atoms. The van der Waals surface area contributed by atoms with Gasteiger partial charge in [0.1, 0.15) is 52.0 Å². The highest BCUT2D eigenvalue weighted by atomic mass is 35.5. The zero-order valence-electron chi connectivity index (χ0n) is 28.2. The van der Waals surface area contributed by atoms with Crippen LogP contribution in [-0.4, -0.2) is 64.7 Å². The smallest absolute Gasteiger partial charge is 0.325 e. The van der Waals surface area contributed by atoms with Gasteiger partial charge < -0.3 is 37.7 Å². The van der Waals surface area contributed by atoms with Crippen molar-refractivity contribution in [3.8, 4) is 39.6 Å². The number of aliphatic imine (C=N–C) groups is 1. The Kier molecular flexibility index (Phi) is 18.1. The van der Waals surface area contributed by atoms with Crippen molar-refractivity contribution in [3.05, 3.63) is 75.8 Å². The number of aromatic nitrogens is 2. The van der Waals surface area contributed by atoms with Crippen LogP contribution in [0.1, 0.15) is 36.6 Å². The number of anilines is 1. The summed E-state index contributed by atoms with van der Waals surface area (Å²) < 4.78 is 5.86. The fraction of sp³-hybridized carbons (Fsp3) is 0.265. The Labute approximate surface area is 332 Å². The van der Waals surface area contributed by atoms with Crippen LogP contribution in [0, 0.1) is 22.7 Å². The van der Waals surface area contributed by atoms with E-state index in [4.69, 9.17) is 43.6 Å². The second-order valence-electron chi connectivity index (χ2n) is 11.0. The molecule has 0 radical (unpaired) electrons. The SMILES string of the molecule is C[C@H](NC(=O)[C@H](CCCN=C(N)N)NCCOc1ccc(-c2c(C#N)c(N)nc(SCc3csc(-c4ccc(Cl)cc4)n3)c2C#N)cc1)C(=O)O.Cl.Cl. The van der Waals surface area contributed by atoms with Gasteiger partial charge in [-0.3, -0.25) is 14.6 Å². The quantitative estimate of drug-likeness (QED) is 0.0357. The molecule has 0 saturated heterocycles. The number of carboxylic acids is 1. The van der Waals surface area contributed by atoms with Crippen LogP contribution in [0.2, 0.25) is 5.02 Å². The minimum Gasteiger partial charge on any atom is -0.492 e. The van der Waals surface area contributed by atoms with Crippen molar-refractivity contribution in [1.82, 2.24) is 20.6 Å². The predicted octanol–water partition coefficient (Wildman–Crippen LogP) is 4.97. The van der Waals surface area contributed by atoms with Crippen molar-refractivity contribution >= 4 is 83.2 Å². The van der Waals surface area contributed by atoms with Gasteiger partial charge >= 0.3 is 5.97 Å². The average molecular weight is 820 g/mol. The number of hydrogen-bond acceptors (Lipinski definition) is 12. The molecule has 2 aromatic carbocycles. The van der Waals surface area contributed by atoms with E-state index in [9.17, 15) is 20.1 Å². The van der Waals surface area contributed by atoms with Gasteiger partial charge in [-0.25, -0.2) is 9.97 Å². The zero-order chi connectivity index (χ0) is 36.9. The maximum absolute atomic E-state index is 12.7. The molecule has 0 unspecified atom stereocenters. The molecule has 0 saturated carbocycles. The minimum absolute atomic E-state index is 0. The van der Waals surface area contributed by atoms with Gasteiger partial charge in [0.25, 0.3) is 0 Å². The van der Waals surface area contributed by atoms with Crippen LogP contribution in [0.25, 0.3) is 21.7 Å². The average Bonchev–Trinajstić information content (AvgIpc) is 3.59. The molecular formula is C34H37Cl3N10O4S2. The summed E-state index contributed by atoms with van der Waals surface area (Å²) in [6.45, 7) is 2.14. The lowest BCUT2D eigenvalue weighted by atomic mass is 9.97. The van der Waals surface area contributed by atoms with Crippen molar-refractivity contribution in [1.29, 1.82) is 10.5 Å². The van der Waals surface area contributed by atoms with E-state index in [0.717, 1.165) is 16.3 Å². The van der Waals surface area contributed by atoms with Crippen LogP contribution in [-0.2, 0) is 15.3 Å². The molecule has 2 aromatic heterocycles. The molecule has 0 aliphatic rings. The first kappa shape index (κ1) is 44.4. The number of nitriles is 2. The number of nitrogens with one attached hydrogen (secondary N) is 2. The van der Waals surface area contributed by atoms with Crippen LogP contribution in [0.15, 0.2) is 63.9 Å². The second-order valence-corrected chi connectivity index (χ2v) is 13.2. The van der Waals surface area contributed by atoms with E-state index < -0.39 is 24.0 Å². The fourth-order valence-corrected chi connectivity index (χ4v) is 6.70. The van der Waals surface area contributed by atoms with E-state index in [0.29, 0.717) is 52.1 Å². The lowest BCUT2D eigenvalue weighted by Crippen LogP contribution is -2.50. The number of nitrogen functional groups attached to an aromatic ring is 1. The molecule has 1 amide bonds. The third kappa shape index (κ3) is 12.7. The molecule has 14 nitrogen and oxygen atoms in total. The van der Waals surface area contributed by atoms with Crippen molar-refractivity contribution in [2.45, 2.75) is 42.6 Å². The van der Waals surface area contributed by atoms with Crippen molar-refractivity contribution in [2.24, 2.45) is 16.5 Å². The molecule has 0 fully saturated rings. The molecule has 0 aliphatic carbocycles. The van der Waals surface area contributed by atoms with Crippen LogP contribution >= 0.6 is 59.5 Å². The number of rotatable bonds is 17. The molecule has 9 N–H and O–H groups in total. The first-order chi connectivity index (χ1) is 24.5. The normalized spacial score (nSPS) is 11.4. The van der Waals surface area contributed by atoms with E-state index in [1.165, 1.54) is 30.0 Å². The number of aliphatic carboxylic acids is 1. The van der Waals surface area contributed by atoms with Gasteiger partial charge in [0.05, 0.1) is 17.3 Å². The number of carboxylic acid groups (broad SMARTS) is 1. The van der Waals surface area contributed by atoms with E-state index in [-0.39, 0.29) is 60.9 Å². The highest BCUT2D eigenvalue weighted by molar-refractivity contribution is 7.98. The van der Waals surface area contributed by atoms with Gasteiger partial charge in [-0.1, -0.05) is 47.6 Å². The van der Waals surface area contributed by atoms with Crippen molar-refractivity contribution < 1.29 is 19.4 Å². The summed E-state index contributed by atoms with van der Waals surface area (Å²) in [5, 5.41) is 38.7. The largest absolute Gasteiger partial charge is 0.492 e. The highest BCUT2D eigenvalue weighted by Crippen LogP contribution is 2.37. The van der Waals surface area contributed by atoms with Crippen LogP contribution in [0.4, 0.5) is 5.82 Å². The maximum atomic E-state index is 12.7. The second kappa shape index (κ2) is 21.7. The highest BCUT2D eigenvalue weighted by Gasteiger charge is 2.23. The lowest BCUT2D eigenvalue weighted by molar-refractivity contribution is -0.141. The standard InChI is InChI=1S/C34H35ClN10O4S2.2ClH/c1-19(33(47)48)43-30(46)27(3-2-12-42-34(39)40)41-13-14-49-24-10-6-20(7-11-24)28-25(15-36)29(38)45-32(26(28)16-37)51-18-23-17-50-31(44-23)21-4-8-22(35)9-5-21;;/h4-11,17,19,27,41H,2-3,12-14,18H2,1H3,(H2,38,45)(H,43,46)(H,47,48)(H4,39,40,42);2*1H/t19-,27-;;/m0../s1. The summed E-state index contributed by atoms with van der Waals surface area (Å²) in [4.78, 5) is 36.9. The summed E-state index contributed by atoms with van der Waals surface area (Å²) in [5.41, 5.74) is 20.0. The molecule has 4 rings (SSSR count). The number of thioether (sulfide) groups is 1. The summed E-state index contributed by atoms with van der Waals surface area (Å²) in [6.07, 6.45) is 0.841. The third-order valence-corrected chi connectivity index (χ3v) is 9.51. The Morgan fingerprint density at radius 1 is 1.06 bits per heavy atom. The number of guanidine groups is 1. The Balaban J connectivity index is 0.00000486. The van der Waals surface area contributed by atoms with Gasteiger partial charge in [-0.05, 0) is 49.6 Å². The number of carbonyl (C=O) groups is 2. The number of thiazole rings is 1. The van der Waals surface area contributed by atoms with Gasteiger partial charge in [0, 0.05) is 40.4 Å². The number of pyridine rings is 1. The van der Waals surface area contributed by atoms with E-state index >= 15 is 0 Å². The number of nitrogens with two attached hydrogens (primary N) is 3. The molecule has 280 valence electrons. The Morgan fingerprint density at radius 2 is 1.72 bits per heavy atom. The zero-order valence-corrected chi connectivity index (χ0v) is 32.3. The number of halogens is 3. The summed E-state index contributed by atoms with van der Waals surface area (Å²) in [5.74, 6) is -0.739. The van der Waals surface area contributed by atoms with Crippen LogP contribution in [0.3, 0.4) is 0 Å². The van der Waals surface area contributed by atoms with Gasteiger partial charge in [-0.15, -0.1) is 36.2 Å². The first-order valence-electron chi connectivity index (χ1n) is 15.5. The molecule has 0 aliphatic heterocycles. The number of amides is 1.